The molecule has 6 nitrogen and oxygen atoms in total. The number of nitrogens with zero attached hydrogens (tertiary/aromatic N) is 3. The van der Waals surface area contributed by atoms with Crippen LogP contribution in [-0.2, 0) is 6.42 Å². The van der Waals surface area contributed by atoms with Gasteiger partial charge < -0.3 is 9.64 Å². The van der Waals surface area contributed by atoms with E-state index >= 15 is 0 Å². The number of nitrogens with one attached hydrogen (secondary N) is 1. The number of benzene rings is 1. The summed E-state index contributed by atoms with van der Waals surface area (Å²) in [5.41, 5.74) is 2.64. The van der Waals surface area contributed by atoms with Gasteiger partial charge in [0.05, 0.1) is 22.9 Å². The zero-order chi connectivity index (χ0) is 19.3. The predicted molar refractivity (Wildman–Crippen MR) is 107 cm³/mol. The Morgan fingerprint density at radius 2 is 2.18 bits per heavy atom. The number of hydrogen-bond acceptors (Lipinski definition) is 4. The summed E-state index contributed by atoms with van der Waals surface area (Å²) >= 11 is 6.10. The van der Waals surface area contributed by atoms with Crippen LogP contribution in [0.2, 0.25) is 5.02 Å². The molecule has 28 heavy (non-hydrogen) atoms. The number of pyridine rings is 1. The van der Waals surface area contributed by atoms with E-state index in [-0.39, 0.29) is 11.8 Å². The number of para-hydroxylation sites is 1. The Kier molecular flexibility index (Phi) is 5.58. The molecule has 1 aliphatic rings. The molecule has 144 valence electrons. The third-order valence-corrected chi connectivity index (χ3v) is 5.23. The van der Waals surface area contributed by atoms with Crippen LogP contribution in [0.4, 0.5) is 0 Å². The highest BCUT2D eigenvalue weighted by atomic mass is 35.5. The van der Waals surface area contributed by atoms with Crippen LogP contribution >= 0.6 is 11.6 Å². The van der Waals surface area contributed by atoms with Gasteiger partial charge in [0.15, 0.2) is 0 Å². The van der Waals surface area contributed by atoms with Crippen molar-refractivity contribution in [2.45, 2.75) is 18.8 Å². The van der Waals surface area contributed by atoms with Crippen LogP contribution in [0.1, 0.15) is 34.1 Å². The molecular weight excluding hydrogens is 376 g/mol. The second-order valence-electron chi connectivity index (χ2n) is 6.83. The average Bonchev–Trinajstić information content (AvgIpc) is 3.39. The first-order chi connectivity index (χ1) is 13.7. The summed E-state index contributed by atoms with van der Waals surface area (Å²) in [6.45, 7) is 1.92. The number of carbonyl (C=O) groups is 1. The van der Waals surface area contributed by atoms with Gasteiger partial charge >= 0.3 is 0 Å². The summed E-state index contributed by atoms with van der Waals surface area (Å²) in [6, 6.07) is 13.1. The van der Waals surface area contributed by atoms with Crippen LogP contribution in [0.15, 0.2) is 54.9 Å². The number of amides is 1. The Morgan fingerprint density at radius 3 is 3.00 bits per heavy atom. The summed E-state index contributed by atoms with van der Waals surface area (Å²) in [5.74, 6) is 0.957. The molecule has 1 atom stereocenters. The van der Waals surface area contributed by atoms with E-state index in [0.717, 1.165) is 24.4 Å². The fraction of sp³-hybridized carbons (Fsp3) is 0.286. The topological polar surface area (TPSA) is 71.1 Å². The zero-order valence-corrected chi connectivity index (χ0v) is 16.1. The van der Waals surface area contributed by atoms with Crippen molar-refractivity contribution in [3.8, 4) is 5.75 Å². The highest BCUT2D eigenvalue weighted by molar-refractivity contribution is 6.32. The lowest BCUT2D eigenvalue weighted by Gasteiger charge is -2.15. The van der Waals surface area contributed by atoms with Crippen molar-refractivity contribution in [2.24, 2.45) is 0 Å². The number of halogens is 1. The highest BCUT2D eigenvalue weighted by Gasteiger charge is 2.29. The van der Waals surface area contributed by atoms with Crippen molar-refractivity contribution in [2.75, 3.05) is 19.7 Å². The van der Waals surface area contributed by atoms with E-state index in [9.17, 15) is 4.79 Å². The van der Waals surface area contributed by atoms with E-state index in [4.69, 9.17) is 16.3 Å². The maximum Gasteiger partial charge on any atom is 0.255 e. The number of rotatable bonds is 6. The SMILES string of the molecule is O=C(c1cccnc1)N1CC[C@@H](c2cc(CCOc3ccccc3Cl)[nH]n2)C1. The normalized spacial score (nSPS) is 16.3. The van der Waals surface area contributed by atoms with Gasteiger partial charge in [0.2, 0.25) is 0 Å². The first kappa shape index (κ1) is 18.5. The number of hydrogen-bond donors (Lipinski definition) is 1. The molecule has 1 aromatic carbocycles. The molecule has 4 rings (SSSR count). The van der Waals surface area contributed by atoms with Crippen molar-refractivity contribution in [1.82, 2.24) is 20.1 Å². The van der Waals surface area contributed by atoms with Crippen LogP contribution in [0.25, 0.3) is 0 Å². The predicted octanol–water partition coefficient (Wildman–Crippen LogP) is 3.71. The van der Waals surface area contributed by atoms with Crippen molar-refractivity contribution < 1.29 is 9.53 Å². The number of ether oxygens (including phenoxy) is 1. The molecular formula is C21H21ClN4O2. The van der Waals surface area contributed by atoms with Gasteiger partial charge in [-0.25, -0.2) is 0 Å². The quantitative estimate of drug-likeness (QED) is 0.689. The van der Waals surface area contributed by atoms with Crippen molar-refractivity contribution in [1.29, 1.82) is 0 Å². The fourth-order valence-corrected chi connectivity index (χ4v) is 3.60. The van der Waals surface area contributed by atoms with Crippen molar-refractivity contribution >= 4 is 17.5 Å². The summed E-state index contributed by atoms with van der Waals surface area (Å²) in [7, 11) is 0. The lowest BCUT2D eigenvalue weighted by Crippen LogP contribution is -2.28. The second kappa shape index (κ2) is 8.44. The number of carbonyl (C=O) groups excluding carboxylic acids is 1. The Morgan fingerprint density at radius 1 is 1.29 bits per heavy atom. The molecule has 1 aliphatic heterocycles. The molecule has 2 aromatic heterocycles. The Balaban J connectivity index is 1.31. The van der Waals surface area contributed by atoms with Crippen LogP contribution in [-0.4, -0.2) is 45.7 Å². The number of aromatic amines is 1. The fourth-order valence-electron chi connectivity index (χ4n) is 3.41. The van der Waals surface area contributed by atoms with Gasteiger partial charge in [-0.3, -0.25) is 14.9 Å². The van der Waals surface area contributed by atoms with Gasteiger partial charge in [0, 0.05) is 43.5 Å². The monoisotopic (exact) mass is 396 g/mol. The molecule has 3 aromatic rings. The molecule has 7 heteroatoms. The largest absolute Gasteiger partial charge is 0.492 e. The molecule has 3 heterocycles. The molecule has 0 unspecified atom stereocenters. The van der Waals surface area contributed by atoms with E-state index in [0.29, 0.717) is 35.9 Å². The van der Waals surface area contributed by atoms with Gasteiger partial charge in [-0.2, -0.15) is 5.10 Å². The number of likely N-dealkylation sites (tertiary alicyclic amines) is 1. The third kappa shape index (κ3) is 4.17. The van der Waals surface area contributed by atoms with E-state index in [1.165, 1.54) is 0 Å². The molecule has 1 N–H and O–H groups in total. The zero-order valence-electron chi connectivity index (χ0n) is 15.3. The molecule has 0 saturated carbocycles. The Labute approximate surface area is 168 Å². The van der Waals surface area contributed by atoms with E-state index < -0.39 is 0 Å². The standard InChI is InChI=1S/C21H21ClN4O2/c22-18-5-1-2-6-20(18)28-11-8-17-12-19(25-24-17)16-7-10-26(14-16)21(27)15-4-3-9-23-13-15/h1-6,9,12-13,16H,7-8,10-11,14H2,(H,24,25)/t16-/m1/s1. The van der Waals surface area contributed by atoms with E-state index in [1.54, 1.807) is 24.5 Å². The minimum atomic E-state index is 0.0273. The number of aromatic nitrogens is 3. The molecule has 1 fully saturated rings. The second-order valence-corrected chi connectivity index (χ2v) is 7.23. The van der Waals surface area contributed by atoms with Crippen molar-refractivity contribution in [3.05, 3.63) is 76.8 Å². The van der Waals surface area contributed by atoms with Gasteiger partial charge in [0.25, 0.3) is 5.91 Å². The molecule has 1 saturated heterocycles. The first-order valence-electron chi connectivity index (χ1n) is 9.31. The maximum atomic E-state index is 12.6. The van der Waals surface area contributed by atoms with Gasteiger partial charge in [-0.15, -0.1) is 0 Å². The minimum Gasteiger partial charge on any atom is -0.492 e. The molecule has 0 bridgehead atoms. The smallest absolute Gasteiger partial charge is 0.255 e. The molecule has 0 radical (unpaired) electrons. The molecule has 0 aliphatic carbocycles. The van der Waals surface area contributed by atoms with Crippen molar-refractivity contribution in [3.63, 3.8) is 0 Å². The summed E-state index contributed by atoms with van der Waals surface area (Å²) in [4.78, 5) is 18.5. The average molecular weight is 397 g/mol. The van der Waals surface area contributed by atoms with Crippen LogP contribution < -0.4 is 4.74 Å². The lowest BCUT2D eigenvalue weighted by molar-refractivity contribution is 0.0790. The highest BCUT2D eigenvalue weighted by Crippen LogP contribution is 2.27. The van der Waals surface area contributed by atoms with E-state index in [1.807, 2.05) is 29.2 Å². The maximum absolute atomic E-state index is 12.6. The minimum absolute atomic E-state index is 0.0273. The third-order valence-electron chi connectivity index (χ3n) is 4.92. The molecule has 1 amide bonds. The van der Waals surface area contributed by atoms with Gasteiger partial charge in [0.1, 0.15) is 5.75 Å². The summed E-state index contributed by atoms with van der Waals surface area (Å²) in [5, 5.41) is 8.14. The number of H-pyrrole nitrogens is 1. The summed E-state index contributed by atoms with van der Waals surface area (Å²) in [6.07, 6.45) is 4.90. The Hall–Kier alpha value is -2.86. The first-order valence-corrected chi connectivity index (χ1v) is 9.69. The van der Waals surface area contributed by atoms with E-state index in [2.05, 4.69) is 21.2 Å². The van der Waals surface area contributed by atoms with Crippen LogP contribution in [0.3, 0.4) is 0 Å². The van der Waals surface area contributed by atoms with Crippen LogP contribution in [0.5, 0.6) is 5.75 Å². The Bertz CT molecular complexity index is 944. The summed E-state index contributed by atoms with van der Waals surface area (Å²) < 4.78 is 5.73. The lowest BCUT2D eigenvalue weighted by atomic mass is 10.0. The van der Waals surface area contributed by atoms with Gasteiger partial charge in [-0.1, -0.05) is 23.7 Å². The molecule has 0 spiro atoms. The van der Waals surface area contributed by atoms with Gasteiger partial charge in [-0.05, 0) is 36.8 Å². The van der Waals surface area contributed by atoms with Crippen LogP contribution in [0, 0.1) is 0 Å².